The predicted octanol–water partition coefficient (Wildman–Crippen LogP) is 6.06. The lowest BCUT2D eigenvalue weighted by Crippen LogP contribution is -2.71. The third-order valence-corrected chi connectivity index (χ3v) is 14.6. The molecule has 6 aliphatic rings. The van der Waals surface area contributed by atoms with Gasteiger partial charge in [0.1, 0.15) is 17.5 Å². The molecule has 6 heterocycles. The largest absolute Gasteiger partial charge is 0.496 e. The highest BCUT2D eigenvalue weighted by atomic mass is 16.5. The molecule has 4 aliphatic heterocycles. The van der Waals surface area contributed by atoms with Crippen molar-refractivity contribution in [1.29, 1.82) is 0 Å². The molecule has 0 spiro atoms. The van der Waals surface area contributed by atoms with Gasteiger partial charge in [-0.15, -0.1) is 0 Å². The molecule has 2 N–H and O–H groups in total. The Morgan fingerprint density at radius 1 is 1.02 bits per heavy atom. The molecule has 10 heteroatoms. The van der Waals surface area contributed by atoms with Crippen molar-refractivity contribution in [3.8, 4) is 5.75 Å². The Bertz CT molecular complexity index is 2200. The summed E-state index contributed by atoms with van der Waals surface area (Å²) in [6.45, 7) is 5.76. The fourth-order valence-electron chi connectivity index (χ4n) is 12.4. The maximum atomic E-state index is 14.5. The third kappa shape index (κ3) is 4.74. The number of benzene rings is 2. The minimum atomic E-state index is -0.935. The molecule has 0 amide bonds. The van der Waals surface area contributed by atoms with Crippen molar-refractivity contribution in [3.63, 3.8) is 0 Å². The predicted molar refractivity (Wildman–Crippen MR) is 207 cm³/mol. The van der Waals surface area contributed by atoms with Gasteiger partial charge in [0.15, 0.2) is 0 Å². The van der Waals surface area contributed by atoms with E-state index in [0.717, 1.165) is 75.7 Å². The van der Waals surface area contributed by atoms with Crippen LogP contribution in [0.25, 0.3) is 21.8 Å². The molecule has 284 valence electrons. The first-order chi connectivity index (χ1) is 26.2. The number of nitrogens with zero attached hydrogens (tertiary/aromatic N) is 2. The summed E-state index contributed by atoms with van der Waals surface area (Å²) < 4.78 is 17.6. The zero-order valence-corrected chi connectivity index (χ0v) is 32.2. The second-order valence-corrected chi connectivity index (χ2v) is 16.5. The smallest absolute Gasteiger partial charge is 0.319 e. The van der Waals surface area contributed by atoms with Crippen molar-refractivity contribution >= 4 is 40.0 Å². The fourth-order valence-corrected chi connectivity index (χ4v) is 12.4. The molecule has 10 unspecified atom stereocenters. The number of aldehydes is 1. The van der Waals surface area contributed by atoms with E-state index in [1.165, 1.54) is 25.4 Å². The quantitative estimate of drug-likeness (QED) is 0.140. The average molecular weight is 733 g/mol. The Hall–Kier alpha value is -4.41. The first-order valence-electron chi connectivity index (χ1n) is 19.8. The van der Waals surface area contributed by atoms with Gasteiger partial charge in [-0.2, -0.15) is 0 Å². The number of methoxy groups -OCH3 is 3. The Kier molecular flexibility index (Phi) is 8.58. The second kappa shape index (κ2) is 13.1. The lowest BCUT2D eigenvalue weighted by Gasteiger charge is -2.60. The summed E-state index contributed by atoms with van der Waals surface area (Å²) in [5.41, 5.74) is 7.78. The van der Waals surface area contributed by atoms with Crippen LogP contribution in [0, 0.1) is 23.7 Å². The standard InChI is InChI=1S/C44H52N4O6/c1-7-23-17-25-20-44(43(51)54-6)40-28(15-16-48(41(23)44)34(25)22-49)27-13-14-35(52-4)37(39(27)46-40)31-18-29-24(8-2)21-47(3)33(36(29)42(50)53-5)19-30-26-11-9-10-12-32(26)45-38(30)31/h8-14,22-23,25,29,31,33-34,36,41,45-46H,7,15-21H2,1-6H3. The van der Waals surface area contributed by atoms with E-state index in [2.05, 4.69) is 83.1 Å². The van der Waals surface area contributed by atoms with Gasteiger partial charge >= 0.3 is 11.9 Å². The van der Waals surface area contributed by atoms with Gasteiger partial charge in [0.25, 0.3) is 0 Å². The third-order valence-electron chi connectivity index (χ3n) is 14.6. The van der Waals surface area contributed by atoms with Crippen LogP contribution in [0.4, 0.5) is 0 Å². The normalized spacial score (nSPS) is 33.7. The monoisotopic (exact) mass is 732 g/mol. The summed E-state index contributed by atoms with van der Waals surface area (Å²) >= 11 is 0. The van der Waals surface area contributed by atoms with E-state index in [1.807, 2.05) is 0 Å². The maximum absolute atomic E-state index is 14.5. The van der Waals surface area contributed by atoms with Crippen molar-refractivity contribution < 1.29 is 28.6 Å². The van der Waals surface area contributed by atoms with Gasteiger partial charge in [0.05, 0.1) is 38.8 Å². The molecule has 6 bridgehead atoms. The van der Waals surface area contributed by atoms with Gasteiger partial charge in [-0.3, -0.25) is 19.4 Å². The van der Waals surface area contributed by atoms with Crippen molar-refractivity contribution in [2.75, 3.05) is 41.5 Å². The van der Waals surface area contributed by atoms with E-state index >= 15 is 0 Å². The van der Waals surface area contributed by atoms with E-state index in [-0.39, 0.29) is 59.7 Å². The van der Waals surface area contributed by atoms with Crippen LogP contribution in [0.1, 0.15) is 73.5 Å². The number of allylic oxidation sites excluding steroid dienone is 1. The van der Waals surface area contributed by atoms with Crippen LogP contribution in [0.3, 0.4) is 0 Å². The number of piperidine rings is 3. The molecule has 10 rings (SSSR count). The number of H-pyrrole nitrogens is 2. The highest BCUT2D eigenvalue weighted by Gasteiger charge is 2.65. The molecule has 1 saturated carbocycles. The number of fused-ring (bicyclic) bond motifs is 9. The Labute approximate surface area is 316 Å². The van der Waals surface area contributed by atoms with Crippen LogP contribution in [0.15, 0.2) is 48.0 Å². The lowest BCUT2D eigenvalue weighted by molar-refractivity contribution is -0.169. The van der Waals surface area contributed by atoms with E-state index in [4.69, 9.17) is 14.2 Å². The number of ether oxygens (including phenoxy) is 3. The minimum absolute atomic E-state index is 0.0319. The number of aromatic amines is 2. The van der Waals surface area contributed by atoms with Crippen molar-refractivity contribution in [2.45, 2.75) is 81.8 Å². The zero-order chi connectivity index (χ0) is 37.6. The number of esters is 2. The molecule has 4 fully saturated rings. The topological polar surface area (TPSA) is 117 Å². The van der Waals surface area contributed by atoms with Crippen LogP contribution < -0.4 is 4.74 Å². The summed E-state index contributed by atoms with van der Waals surface area (Å²) in [6, 6.07) is 12.3. The van der Waals surface area contributed by atoms with E-state index < -0.39 is 5.41 Å². The Morgan fingerprint density at radius 2 is 1.83 bits per heavy atom. The second-order valence-electron chi connectivity index (χ2n) is 16.5. The molecule has 2 aromatic heterocycles. The number of likely N-dealkylation sites (N-methyl/N-ethyl adjacent to an activating group) is 1. The van der Waals surface area contributed by atoms with Gasteiger partial charge in [0, 0.05) is 64.3 Å². The number of carbonyl (C=O) groups excluding carboxylic acids is 3. The van der Waals surface area contributed by atoms with Crippen LogP contribution in [0.2, 0.25) is 0 Å². The zero-order valence-electron chi connectivity index (χ0n) is 32.2. The number of nitrogens with one attached hydrogen (secondary N) is 2. The van der Waals surface area contributed by atoms with Gasteiger partial charge < -0.3 is 29.0 Å². The molecule has 2 aromatic carbocycles. The first-order valence-corrected chi connectivity index (χ1v) is 19.8. The molecule has 54 heavy (non-hydrogen) atoms. The molecule has 2 aliphatic carbocycles. The fraction of sp³-hybridized carbons (Fsp3) is 0.523. The first kappa shape index (κ1) is 35.3. The molecular weight excluding hydrogens is 681 g/mol. The van der Waals surface area contributed by atoms with Crippen LogP contribution in [-0.2, 0) is 42.1 Å². The number of likely N-dealkylation sites (tertiary alicyclic amines) is 1. The summed E-state index contributed by atoms with van der Waals surface area (Å²) in [6.07, 6.45) is 7.81. The number of rotatable bonds is 6. The number of hydrogen-bond donors (Lipinski definition) is 2. The maximum Gasteiger partial charge on any atom is 0.319 e. The van der Waals surface area contributed by atoms with E-state index in [1.54, 1.807) is 7.11 Å². The molecule has 0 radical (unpaired) electrons. The number of hydrogen-bond acceptors (Lipinski definition) is 8. The SMILES string of the molecule is CC=C1CN(C)C2Cc3c([nH]c4ccccc34)C(c3c(OC)ccc4c5c([nH]c34)C3(C(=O)OC)CC4CC(CC)C3N(CC5)C4C=O)CC1C2C(=O)OC. The van der Waals surface area contributed by atoms with E-state index in [0.29, 0.717) is 32.2 Å². The average Bonchev–Trinajstić information content (AvgIpc) is 3.72. The van der Waals surface area contributed by atoms with Crippen LogP contribution in [-0.4, -0.2) is 97.6 Å². The molecule has 10 nitrogen and oxygen atoms in total. The summed E-state index contributed by atoms with van der Waals surface area (Å²) in [5.74, 6) is 0.0982. The molecule has 10 atom stereocenters. The Morgan fingerprint density at radius 3 is 2.56 bits per heavy atom. The van der Waals surface area contributed by atoms with Gasteiger partial charge in [-0.25, -0.2) is 0 Å². The summed E-state index contributed by atoms with van der Waals surface area (Å²) in [7, 11) is 6.86. The van der Waals surface area contributed by atoms with Gasteiger partial charge in [-0.05, 0) is 93.2 Å². The number of para-hydroxylation sites is 1. The molecule has 4 aromatic rings. The van der Waals surface area contributed by atoms with Gasteiger partial charge in [-0.1, -0.05) is 43.2 Å². The van der Waals surface area contributed by atoms with Crippen molar-refractivity contribution in [2.24, 2.45) is 23.7 Å². The number of aromatic nitrogens is 2. The van der Waals surface area contributed by atoms with Crippen molar-refractivity contribution in [1.82, 2.24) is 19.8 Å². The van der Waals surface area contributed by atoms with Crippen LogP contribution in [0.5, 0.6) is 5.75 Å². The molecular formula is C44H52N4O6. The highest BCUT2D eigenvalue weighted by Crippen LogP contribution is 2.58. The molecule has 3 saturated heterocycles. The lowest BCUT2D eigenvalue weighted by atomic mass is 9.54. The highest BCUT2D eigenvalue weighted by molar-refractivity contribution is 5.95. The number of carbonyl (C=O) groups is 3. The van der Waals surface area contributed by atoms with Crippen LogP contribution >= 0.6 is 0 Å². The summed E-state index contributed by atoms with van der Waals surface area (Å²) in [4.78, 5) is 53.6. The van der Waals surface area contributed by atoms with E-state index in [9.17, 15) is 14.4 Å². The van der Waals surface area contributed by atoms with Crippen molar-refractivity contribution in [3.05, 3.63) is 76.1 Å². The van der Waals surface area contributed by atoms with Gasteiger partial charge in [0.2, 0.25) is 0 Å². The Balaban J connectivity index is 1.32. The summed E-state index contributed by atoms with van der Waals surface area (Å²) in [5, 5.41) is 2.23. The minimum Gasteiger partial charge on any atom is -0.496 e.